The van der Waals surface area contributed by atoms with Crippen LogP contribution in [0.2, 0.25) is 5.02 Å². The Bertz CT molecular complexity index is 1180. The summed E-state index contributed by atoms with van der Waals surface area (Å²) in [6.07, 6.45) is 0.395. The van der Waals surface area contributed by atoms with Gasteiger partial charge in [-0.15, -0.1) is 0 Å². The van der Waals surface area contributed by atoms with Gasteiger partial charge in [0.25, 0.3) is 5.91 Å². The van der Waals surface area contributed by atoms with E-state index < -0.39 is 6.04 Å². The van der Waals surface area contributed by atoms with Crippen LogP contribution in [0.4, 0.5) is 0 Å². The molecule has 5 nitrogen and oxygen atoms in total. The van der Waals surface area contributed by atoms with Crippen molar-refractivity contribution in [2.24, 2.45) is 5.92 Å². The van der Waals surface area contributed by atoms with Gasteiger partial charge in [0.15, 0.2) is 6.61 Å². The summed E-state index contributed by atoms with van der Waals surface area (Å²) in [4.78, 5) is 28.8. The van der Waals surface area contributed by atoms with Gasteiger partial charge >= 0.3 is 0 Å². The largest absolute Gasteiger partial charge is 0.484 e. The van der Waals surface area contributed by atoms with Gasteiger partial charge in [-0.25, -0.2) is 0 Å². The Hall–Kier alpha value is -2.83. The lowest BCUT2D eigenvalue weighted by Crippen LogP contribution is -2.52. The minimum absolute atomic E-state index is 0.179. The summed E-state index contributed by atoms with van der Waals surface area (Å²) in [6.45, 7) is 8.50. The SMILES string of the molecule is Cc1cc(OCC(=O)N(Cc2ccc(Br)cc2)[C@H](Cc2ccccc2)C(=O)NCC(C)C)cc(C)c1Cl. The van der Waals surface area contributed by atoms with Crippen molar-refractivity contribution < 1.29 is 14.3 Å². The maximum absolute atomic E-state index is 13.7. The summed E-state index contributed by atoms with van der Waals surface area (Å²) in [7, 11) is 0. The molecule has 196 valence electrons. The van der Waals surface area contributed by atoms with Crippen LogP contribution in [0.1, 0.15) is 36.1 Å². The number of carbonyl (C=O) groups is 2. The zero-order chi connectivity index (χ0) is 26.9. The summed E-state index contributed by atoms with van der Waals surface area (Å²) in [5, 5.41) is 3.71. The predicted molar refractivity (Wildman–Crippen MR) is 153 cm³/mol. The molecule has 37 heavy (non-hydrogen) atoms. The van der Waals surface area contributed by atoms with Gasteiger partial charge < -0.3 is 15.0 Å². The van der Waals surface area contributed by atoms with Crippen molar-refractivity contribution in [3.63, 3.8) is 0 Å². The first kappa shape index (κ1) is 28.7. The normalized spacial score (nSPS) is 11.8. The van der Waals surface area contributed by atoms with Gasteiger partial charge in [-0.3, -0.25) is 9.59 Å². The Labute approximate surface area is 233 Å². The second kappa shape index (κ2) is 13.6. The first-order chi connectivity index (χ1) is 17.6. The van der Waals surface area contributed by atoms with Crippen LogP contribution >= 0.6 is 27.5 Å². The number of rotatable bonds is 11. The molecule has 1 N–H and O–H groups in total. The van der Waals surface area contributed by atoms with E-state index in [-0.39, 0.29) is 30.9 Å². The first-order valence-corrected chi connectivity index (χ1v) is 13.6. The van der Waals surface area contributed by atoms with E-state index in [0.29, 0.717) is 23.7 Å². The van der Waals surface area contributed by atoms with Gasteiger partial charge in [0.1, 0.15) is 11.8 Å². The molecule has 0 spiro atoms. The molecule has 0 aliphatic rings. The average Bonchev–Trinajstić information content (AvgIpc) is 2.88. The van der Waals surface area contributed by atoms with E-state index in [9.17, 15) is 9.59 Å². The Morgan fingerprint density at radius 1 is 0.973 bits per heavy atom. The fraction of sp³-hybridized carbons (Fsp3) is 0.333. The van der Waals surface area contributed by atoms with Crippen LogP contribution in [0.25, 0.3) is 0 Å². The molecule has 0 aromatic heterocycles. The van der Waals surface area contributed by atoms with Crippen molar-refractivity contribution in [1.29, 1.82) is 0 Å². The van der Waals surface area contributed by atoms with E-state index in [4.69, 9.17) is 16.3 Å². The molecule has 0 fully saturated rings. The first-order valence-electron chi connectivity index (χ1n) is 12.4. The molecular formula is C30H34BrClN2O3. The van der Waals surface area contributed by atoms with E-state index in [1.165, 1.54) is 0 Å². The van der Waals surface area contributed by atoms with E-state index in [1.807, 2.05) is 94.4 Å². The maximum Gasteiger partial charge on any atom is 0.261 e. The molecule has 0 unspecified atom stereocenters. The van der Waals surface area contributed by atoms with E-state index in [2.05, 4.69) is 21.2 Å². The molecule has 3 aromatic carbocycles. The lowest BCUT2D eigenvalue weighted by molar-refractivity contribution is -0.142. The third-order valence-electron chi connectivity index (χ3n) is 5.99. The van der Waals surface area contributed by atoms with Crippen LogP contribution in [0.5, 0.6) is 5.75 Å². The summed E-state index contributed by atoms with van der Waals surface area (Å²) in [5.74, 6) is 0.409. The lowest BCUT2D eigenvalue weighted by Gasteiger charge is -2.31. The highest BCUT2D eigenvalue weighted by atomic mass is 79.9. The third-order valence-corrected chi connectivity index (χ3v) is 7.12. The second-order valence-corrected chi connectivity index (χ2v) is 10.9. The van der Waals surface area contributed by atoms with Crippen molar-refractivity contribution in [2.45, 2.75) is 46.7 Å². The third kappa shape index (κ3) is 8.61. The van der Waals surface area contributed by atoms with Crippen molar-refractivity contribution >= 4 is 39.3 Å². The predicted octanol–water partition coefficient (Wildman–Crippen LogP) is 6.51. The number of benzene rings is 3. The number of aryl methyl sites for hydroxylation is 2. The molecule has 7 heteroatoms. The van der Waals surface area contributed by atoms with Gasteiger partial charge in [0.05, 0.1) is 0 Å². The summed E-state index contributed by atoms with van der Waals surface area (Å²) in [5.41, 5.74) is 3.66. The minimum atomic E-state index is -0.699. The lowest BCUT2D eigenvalue weighted by atomic mass is 10.0. The molecule has 0 bridgehead atoms. The molecule has 0 aliphatic heterocycles. The fourth-order valence-electron chi connectivity index (χ4n) is 3.98. The number of nitrogens with zero attached hydrogens (tertiary/aromatic N) is 1. The standard InChI is InChI=1S/C30H34BrClN2O3/c1-20(2)17-33-30(36)27(16-23-8-6-5-7-9-23)34(18-24-10-12-25(31)13-11-24)28(35)19-37-26-14-21(3)29(32)22(4)15-26/h5-15,20,27H,16-19H2,1-4H3,(H,33,36)/t27-/m1/s1. The summed E-state index contributed by atoms with van der Waals surface area (Å²) in [6, 6.07) is 20.4. The maximum atomic E-state index is 13.7. The minimum Gasteiger partial charge on any atom is -0.484 e. The molecule has 0 saturated carbocycles. The molecular weight excluding hydrogens is 552 g/mol. The highest BCUT2D eigenvalue weighted by Gasteiger charge is 2.30. The molecule has 0 aliphatic carbocycles. The van der Waals surface area contributed by atoms with Crippen molar-refractivity contribution in [2.75, 3.05) is 13.2 Å². The van der Waals surface area contributed by atoms with Crippen LogP contribution in [0, 0.1) is 19.8 Å². The Morgan fingerprint density at radius 3 is 2.19 bits per heavy atom. The molecule has 2 amide bonds. The zero-order valence-electron chi connectivity index (χ0n) is 21.8. The Kier molecular flexibility index (Phi) is 10.6. The van der Waals surface area contributed by atoms with Gasteiger partial charge in [0.2, 0.25) is 5.91 Å². The van der Waals surface area contributed by atoms with Crippen molar-refractivity contribution in [3.05, 3.63) is 98.5 Å². The Balaban J connectivity index is 1.91. The van der Waals surface area contributed by atoms with Crippen LogP contribution in [-0.2, 0) is 22.6 Å². The number of amides is 2. The van der Waals surface area contributed by atoms with Crippen molar-refractivity contribution in [1.82, 2.24) is 10.2 Å². The number of carbonyl (C=O) groups excluding carboxylic acids is 2. The van der Waals surface area contributed by atoms with E-state index in [0.717, 1.165) is 26.7 Å². The van der Waals surface area contributed by atoms with E-state index >= 15 is 0 Å². The van der Waals surface area contributed by atoms with Crippen LogP contribution < -0.4 is 10.1 Å². The quantitative estimate of drug-likeness (QED) is 0.279. The smallest absolute Gasteiger partial charge is 0.261 e. The van der Waals surface area contributed by atoms with Gasteiger partial charge in [-0.1, -0.05) is 83.8 Å². The molecule has 1 atom stereocenters. The second-order valence-electron chi connectivity index (χ2n) is 9.65. The van der Waals surface area contributed by atoms with Gasteiger partial charge in [0, 0.05) is 29.0 Å². The zero-order valence-corrected chi connectivity index (χ0v) is 24.1. The summed E-state index contributed by atoms with van der Waals surface area (Å²) >= 11 is 9.76. The highest BCUT2D eigenvalue weighted by molar-refractivity contribution is 9.10. The number of ether oxygens (including phenoxy) is 1. The number of hydrogen-bond acceptors (Lipinski definition) is 3. The number of halogens is 2. The molecule has 3 aromatic rings. The van der Waals surface area contributed by atoms with Gasteiger partial charge in [-0.2, -0.15) is 0 Å². The molecule has 0 saturated heterocycles. The highest BCUT2D eigenvalue weighted by Crippen LogP contribution is 2.26. The molecule has 0 heterocycles. The number of hydrogen-bond donors (Lipinski definition) is 1. The fourth-order valence-corrected chi connectivity index (χ4v) is 4.35. The average molecular weight is 586 g/mol. The van der Waals surface area contributed by atoms with E-state index in [1.54, 1.807) is 4.90 Å². The number of nitrogens with one attached hydrogen (secondary N) is 1. The Morgan fingerprint density at radius 2 is 1.59 bits per heavy atom. The summed E-state index contributed by atoms with van der Waals surface area (Å²) < 4.78 is 6.86. The molecule has 0 radical (unpaired) electrons. The van der Waals surface area contributed by atoms with Gasteiger partial charge in [-0.05, 0) is 66.3 Å². The van der Waals surface area contributed by atoms with Crippen LogP contribution in [0.3, 0.4) is 0 Å². The topological polar surface area (TPSA) is 58.6 Å². The molecule has 3 rings (SSSR count). The van der Waals surface area contributed by atoms with Crippen LogP contribution in [-0.4, -0.2) is 35.9 Å². The van der Waals surface area contributed by atoms with Crippen LogP contribution in [0.15, 0.2) is 71.2 Å². The monoisotopic (exact) mass is 584 g/mol. The van der Waals surface area contributed by atoms with Crippen molar-refractivity contribution in [3.8, 4) is 5.75 Å².